The molecule has 4 rings (SSSR count). The highest BCUT2D eigenvalue weighted by Gasteiger charge is 2.23. The lowest BCUT2D eigenvalue weighted by Gasteiger charge is -2.10. The summed E-state index contributed by atoms with van der Waals surface area (Å²) in [4.78, 5) is 17.6. The van der Waals surface area contributed by atoms with Crippen LogP contribution >= 0.6 is 46.0 Å². The fourth-order valence-corrected chi connectivity index (χ4v) is 4.78. The number of carbonyl (C=O) groups is 1. The van der Waals surface area contributed by atoms with Crippen LogP contribution in [-0.4, -0.2) is 11.1 Å². The first-order chi connectivity index (χ1) is 15.5. The van der Waals surface area contributed by atoms with Gasteiger partial charge in [-0.05, 0) is 88.3 Å². The maximum absolute atomic E-state index is 12.4. The minimum Gasteiger partial charge on any atom is -0.488 e. The van der Waals surface area contributed by atoms with E-state index in [2.05, 4.69) is 52.0 Å². The van der Waals surface area contributed by atoms with E-state index in [0.717, 1.165) is 32.6 Å². The van der Waals surface area contributed by atoms with Gasteiger partial charge in [0.15, 0.2) is 5.17 Å². The highest BCUT2D eigenvalue weighted by molar-refractivity contribution is 14.1. The van der Waals surface area contributed by atoms with Gasteiger partial charge in [-0.3, -0.25) is 4.79 Å². The maximum atomic E-state index is 12.4. The van der Waals surface area contributed by atoms with Crippen LogP contribution in [0.15, 0.2) is 76.6 Å². The molecule has 0 atom stereocenters. The number of carbonyl (C=O) groups excluding carboxylic acids is 1. The van der Waals surface area contributed by atoms with Crippen molar-refractivity contribution in [1.29, 1.82) is 0 Å². The number of halogens is 2. The van der Waals surface area contributed by atoms with Crippen molar-refractivity contribution in [3.05, 3.63) is 96.9 Å². The van der Waals surface area contributed by atoms with Crippen molar-refractivity contribution in [3.63, 3.8) is 0 Å². The quantitative estimate of drug-likeness (QED) is 0.255. The third kappa shape index (κ3) is 5.74. The molecule has 1 saturated heterocycles. The maximum Gasteiger partial charge on any atom is 0.264 e. The van der Waals surface area contributed by atoms with E-state index >= 15 is 0 Å². The molecule has 0 aliphatic carbocycles. The topological polar surface area (TPSA) is 50.7 Å². The normalized spacial score (nSPS) is 15.9. The molecule has 1 aliphatic heterocycles. The monoisotopic (exact) mass is 574 g/mol. The lowest BCUT2D eigenvalue weighted by molar-refractivity contribution is -0.115. The van der Waals surface area contributed by atoms with E-state index in [1.807, 2.05) is 60.7 Å². The minimum absolute atomic E-state index is 0.145. The van der Waals surface area contributed by atoms with Crippen molar-refractivity contribution in [3.8, 4) is 5.75 Å². The van der Waals surface area contributed by atoms with Crippen LogP contribution in [0, 0.1) is 3.57 Å². The molecule has 0 radical (unpaired) electrons. The first-order valence-corrected chi connectivity index (χ1v) is 12.3. The molecule has 0 saturated carbocycles. The van der Waals surface area contributed by atoms with E-state index in [9.17, 15) is 4.79 Å². The molecule has 3 aromatic rings. The number of aliphatic imine (C=N–C) groups is 1. The zero-order valence-corrected chi connectivity index (χ0v) is 21.0. The number of aryl methyl sites for hydroxylation is 1. The van der Waals surface area contributed by atoms with Gasteiger partial charge in [-0.15, -0.1) is 0 Å². The molecule has 0 aromatic heterocycles. The summed E-state index contributed by atoms with van der Waals surface area (Å²) in [6.07, 6.45) is 2.85. The molecule has 32 heavy (non-hydrogen) atoms. The SMILES string of the molecule is CCc1ccc(N=C2NC(=O)/C(=C/c3ccc(OCc4ccccc4Cl)c(I)c3)S2)cc1. The molecule has 1 heterocycles. The Morgan fingerprint density at radius 3 is 2.62 bits per heavy atom. The Balaban J connectivity index is 1.45. The average molecular weight is 575 g/mol. The third-order valence-electron chi connectivity index (χ3n) is 4.82. The molecule has 1 amide bonds. The second-order valence-corrected chi connectivity index (χ2v) is 9.67. The van der Waals surface area contributed by atoms with Gasteiger partial charge in [0.1, 0.15) is 12.4 Å². The van der Waals surface area contributed by atoms with E-state index in [1.54, 1.807) is 0 Å². The van der Waals surface area contributed by atoms with Crippen LogP contribution in [0.25, 0.3) is 6.08 Å². The molecule has 1 N–H and O–H groups in total. The zero-order chi connectivity index (χ0) is 22.5. The molecular formula is C25H20ClIN2O2S. The number of nitrogens with one attached hydrogen (secondary N) is 1. The minimum atomic E-state index is -0.145. The second-order valence-electron chi connectivity index (χ2n) is 7.07. The predicted octanol–water partition coefficient (Wildman–Crippen LogP) is 6.98. The van der Waals surface area contributed by atoms with Crippen LogP contribution < -0.4 is 10.1 Å². The Labute approximate surface area is 210 Å². The van der Waals surface area contributed by atoms with Gasteiger partial charge in [0.05, 0.1) is 14.2 Å². The number of hydrogen-bond donors (Lipinski definition) is 1. The molecule has 0 bridgehead atoms. The fraction of sp³-hybridized carbons (Fsp3) is 0.120. The molecular weight excluding hydrogens is 555 g/mol. The van der Waals surface area contributed by atoms with Crippen molar-refractivity contribution in [2.45, 2.75) is 20.0 Å². The number of nitrogens with zero attached hydrogens (tertiary/aromatic N) is 1. The molecule has 1 aliphatic rings. The van der Waals surface area contributed by atoms with Gasteiger partial charge in [-0.2, -0.15) is 0 Å². The van der Waals surface area contributed by atoms with Crippen LogP contribution in [0.2, 0.25) is 5.02 Å². The summed E-state index contributed by atoms with van der Waals surface area (Å²) >= 11 is 9.78. The molecule has 1 fully saturated rings. The summed E-state index contributed by atoms with van der Waals surface area (Å²) in [6, 6.07) is 21.5. The van der Waals surface area contributed by atoms with Crippen molar-refractivity contribution in [2.75, 3.05) is 0 Å². The fourth-order valence-electron chi connectivity index (χ4n) is 3.05. The van der Waals surface area contributed by atoms with Gasteiger partial charge in [0.25, 0.3) is 5.91 Å². The molecule has 0 unspecified atom stereocenters. The summed E-state index contributed by atoms with van der Waals surface area (Å²) in [6.45, 7) is 2.51. The van der Waals surface area contributed by atoms with Crippen molar-refractivity contribution in [2.24, 2.45) is 4.99 Å². The van der Waals surface area contributed by atoms with Gasteiger partial charge in [-0.25, -0.2) is 4.99 Å². The molecule has 3 aromatic carbocycles. The van der Waals surface area contributed by atoms with Gasteiger partial charge >= 0.3 is 0 Å². The van der Waals surface area contributed by atoms with Crippen LogP contribution in [-0.2, 0) is 17.8 Å². The van der Waals surface area contributed by atoms with E-state index in [-0.39, 0.29) is 5.91 Å². The Hall–Kier alpha value is -2.29. The Morgan fingerprint density at radius 2 is 1.91 bits per heavy atom. The predicted molar refractivity (Wildman–Crippen MR) is 142 cm³/mol. The Kier molecular flexibility index (Phi) is 7.55. The molecule has 0 spiro atoms. The van der Waals surface area contributed by atoms with E-state index in [4.69, 9.17) is 16.3 Å². The average Bonchev–Trinajstić information content (AvgIpc) is 3.13. The summed E-state index contributed by atoms with van der Waals surface area (Å²) < 4.78 is 6.89. The van der Waals surface area contributed by atoms with E-state index in [1.165, 1.54) is 17.3 Å². The second kappa shape index (κ2) is 10.6. The highest BCUT2D eigenvalue weighted by Crippen LogP contribution is 2.30. The van der Waals surface area contributed by atoms with Gasteiger partial charge in [0, 0.05) is 10.6 Å². The van der Waals surface area contributed by atoms with E-state index < -0.39 is 0 Å². The van der Waals surface area contributed by atoms with Gasteiger partial charge < -0.3 is 10.1 Å². The van der Waals surface area contributed by atoms with Crippen LogP contribution in [0.5, 0.6) is 5.75 Å². The molecule has 7 heteroatoms. The number of amides is 1. The van der Waals surface area contributed by atoms with Gasteiger partial charge in [0.2, 0.25) is 0 Å². The van der Waals surface area contributed by atoms with Crippen LogP contribution in [0.1, 0.15) is 23.6 Å². The number of benzene rings is 3. The van der Waals surface area contributed by atoms with Crippen LogP contribution in [0.4, 0.5) is 5.69 Å². The van der Waals surface area contributed by atoms with Gasteiger partial charge in [-0.1, -0.05) is 54.9 Å². The van der Waals surface area contributed by atoms with Crippen molar-refractivity contribution < 1.29 is 9.53 Å². The lowest BCUT2D eigenvalue weighted by atomic mass is 10.2. The summed E-state index contributed by atoms with van der Waals surface area (Å²) in [7, 11) is 0. The van der Waals surface area contributed by atoms with Crippen LogP contribution in [0.3, 0.4) is 0 Å². The number of amidine groups is 1. The first kappa shape index (κ1) is 22.9. The summed E-state index contributed by atoms with van der Waals surface area (Å²) in [5.74, 6) is 0.627. The van der Waals surface area contributed by atoms with E-state index in [0.29, 0.717) is 21.7 Å². The number of hydrogen-bond acceptors (Lipinski definition) is 4. The molecule has 4 nitrogen and oxygen atoms in total. The largest absolute Gasteiger partial charge is 0.488 e. The van der Waals surface area contributed by atoms with Crippen molar-refractivity contribution in [1.82, 2.24) is 5.32 Å². The highest BCUT2D eigenvalue weighted by atomic mass is 127. The zero-order valence-electron chi connectivity index (χ0n) is 17.3. The first-order valence-electron chi connectivity index (χ1n) is 10.1. The number of thioether (sulfide) groups is 1. The van der Waals surface area contributed by atoms with Crippen molar-refractivity contribution >= 4 is 68.8 Å². The standard InChI is InChI=1S/C25H20ClIN2O2S/c1-2-16-7-10-19(11-8-16)28-25-29-24(30)23(32-25)14-17-9-12-22(21(27)13-17)31-15-18-5-3-4-6-20(18)26/h3-14H,2,15H2,1H3,(H,28,29,30)/b23-14-. The summed E-state index contributed by atoms with van der Waals surface area (Å²) in [5.41, 5.74) is 3.93. The Bertz CT molecular complexity index is 1210. The Morgan fingerprint density at radius 1 is 1.12 bits per heavy atom. The third-order valence-corrected chi connectivity index (χ3v) is 6.94. The number of ether oxygens (including phenoxy) is 1. The molecule has 162 valence electrons. The lowest BCUT2D eigenvalue weighted by Crippen LogP contribution is -2.19. The smallest absolute Gasteiger partial charge is 0.264 e. The summed E-state index contributed by atoms with van der Waals surface area (Å²) in [5, 5.41) is 4.11. The number of rotatable bonds is 6.